The van der Waals surface area contributed by atoms with E-state index in [1.54, 1.807) is 30.3 Å². The van der Waals surface area contributed by atoms with Crippen molar-refractivity contribution in [1.29, 1.82) is 0 Å². The molecule has 27 heavy (non-hydrogen) atoms. The Morgan fingerprint density at radius 1 is 1.22 bits per heavy atom. The molecule has 8 heteroatoms. The normalized spacial score (nSPS) is 11.0. The van der Waals surface area contributed by atoms with E-state index in [-0.39, 0.29) is 18.0 Å². The Hall–Kier alpha value is -3.00. The number of hydrogen-bond donors (Lipinski definition) is 1. The van der Waals surface area contributed by atoms with Gasteiger partial charge in [-0.3, -0.25) is 14.9 Å². The first-order valence-corrected chi connectivity index (χ1v) is 8.90. The molecular weight excluding hydrogens is 416 g/mol. The van der Waals surface area contributed by atoms with E-state index in [1.807, 2.05) is 6.92 Å². The highest BCUT2D eigenvalue weighted by atomic mass is 79.9. The number of ether oxygens (including phenoxy) is 1. The molecule has 2 aromatic carbocycles. The van der Waals surface area contributed by atoms with Crippen LogP contribution in [-0.4, -0.2) is 23.4 Å². The molecule has 1 N–H and O–H groups in total. The van der Waals surface area contributed by atoms with Gasteiger partial charge in [-0.05, 0) is 36.3 Å². The molecule has 7 nitrogen and oxygen atoms in total. The second kappa shape index (κ2) is 9.63. The Morgan fingerprint density at radius 3 is 2.63 bits per heavy atom. The van der Waals surface area contributed by atoms with Crippen LogP contribution in [0.2, 0.25) is 0 Å². The van der Waals surface area contributed by atoms with Gasteiger partial charge in [0.15, 0.2) is 0 Å². The molecule has 0 spiro atoms. The number of esters is 1. The Bertz CT molecular complexity index is 895. The maximum atomic E-state index is 12.5. The van der Waals surface area contributed by atoms with E-state index in [4.69, 9.17) is 4.74 Å². The summed E-state index contributed by atoms with van der Waals surface area (Å²) in [6.07, 6.45) is 1.97. The molecular formula is C19H17BrN2O5. The minimum Gasteiger partial charge on any atom is -0.461 e. The standard InChI is InChI=1S/C19H17BrN2O5/c1-2-9-27-19(24)17(11-13-5-3-8-16(10-13)22(25)26)21-18(23)14-6-4-7-15(20)12-14/h3-8,10-12H,2,9H2,1H3,(H,21,23)/b17-11+. The molecule has 0 heterocycles. The van der Waals surface area contributed by atoms with Crippen molar-refractivity contribution < 1.29 is 19.2 Å². The monoisotopic (exact) mass is 432 g/mol. The molecule has 0 saturated heterocycles. The largest absolute Gasteiger partial charge is 0.461 e. The van der Waals surface area contributed by atoms with Gasteiger partial charge in [0.2, 0.25) is 0 Å². The molecule has 0 saturated carbocycles. The van der Waals surface area contributed by atoms with E-state index in [0.717, 1.165) is 0 Å². The van der Waals surface area contributed by atoms with Gasteiger partial charge in [-0.15, -0.1) is 0 Å². The first kappa shape index (κ1) is 20.3. The molecule has 0 bridgehead atoms. The lowest BCUT2D eigenvalue weighted by Crippen LogP contribution is -2.28. The van der Waals surface area contributed by atoms with Crippen molar-refractivity contribution in [1.82, 2.24) is 5.32 Å². The van der Waals surface area contributed by atoms with Gasteiger partial charge in [0, 0.05) is 22.2 Å². The number of amides is 1. The number of rotatable bonds is 7. The highest BCUT2D eigenvalue weighted by Gasteiger charge is 2.17. The molecule has 0 aliphatic rings. The van der Waals surface area contributed by atoms with Crippen molar-refractivity contribution in [3.8, 4) is 0 Å². The molecule has 2 aromatic rings. The number of benzene rings is 2. The van der Waals surface area contributed by atoms with Crippen LogP contribution in [0.15, 0.2) is 58.7 Å². The Kier molecular flexibility index (Phi) is 7.25. The van der Waals surface area contributed by atoms with Crippen LogP contribution in [0, 0.1) is 10.1 Å². The highest BCUT2D eigenvalue weighted by molar-refractivity contribution is 9.10. The lowest BCUT2D eigenvalue weighted by atomic mass is 10.1. The van der Waals surface area contributed by atoms with Crippen molar-refractivity contribution >= 4 is 39.6 Å². The summed E-state index contributed by atoms with van der Waals surface area (Å²) in [5.41, 5.74) is 0.511. The number of nitro benzene ring substituents is 1. The van der Waals surface area contributed by atoms with Gasteiger partial charge in [0.05, 0.1) is 11.5 Å². The van der Waals surface area contributed by atoms with E-state index < -0.39 is 16.8 Å². The molecule has 140 valence electrons. The van der Waals surface area contributed by atoms with Crippen LogP contribution >= 0.6 is 15.9 Å². The zero-order valence-electron chi connectivity index (χ0n) is 14.5. The van der Waals surface area contributed by atoms with E-state index in [1.165, 1.54) is 24.3 Å². The summed E-state index contributed by atoms with van der Waals surface area (Å²) in [6.45, 7) is 2.04. The van der Waals surface area contributed by atoms with E-state index in [2.05, 4.69) is 21.2 Å². The van der Waals surface area contributed by atoms with Gasteiger partial charge in [0.25, 0.3) is 11.6 Å². The van der Waals surface area contributed by atoms with E-state index >= 15 is 0 Å². The highest BCUT2D eigenvalue weighted by Crippen LogP contribution is 2.17. The van der Waals surface area contributed by atoms with Gasteiger partial charge in [-0.1, -0.05) is 41.1 Å². The number of hydrogen-bond acceptors (Lipinski definition) is 5. The van der Waals surface area contributed by atoms with Crippen LogP contribution in [-0.2, 0) is 9.53 Å². The summed E-state index contributed by atoms with van der Waals surface area (Å²) in [4.78, 5) is 35.2. The van der Waals surface area contributed by atoms with Gasteiger partial charge >= 0.3 is 5.97 Å². The number of halogens is 1. The smallest absolute Gasteiger partial charge is 0.354 e. The Labute approximate surface area is 164 Å². The van der Waals surface area contributed by atoms with Crippen LogP contribution < -0.4 is 5.32 Å². The minimum atomic E-state index is -0.716. The van der Waals surface area contributed by atoms with Crippen LogP contribution in [0.5, 0.6) is 0 Å². The topological polar surface area (TPSA) is 98.5 Å². The molecule has 0 atom stereocenters. The molecule has 0 aromatic heterocycles. The third-order valence-electron chi connectivity index (χ3n) is 3.38. The quantitative estimate of drug-likeness (QED) is 0.307. The van der Waals surface area contributed by atoms with Gasteiger partial charge in [0.1, 0.15) is 5.70 Å². The predicted molar refractivity (Wildman–Crippen MR) is 104 cm³/mol. The molecule has 0 aliphatic heterocycles. The first-order valence-electron chi connectivity index (χ1n) is 8.11. The number of nitrogens with zero attached hydrogens (tertiary/aromatic N) is 1. The van der Waals surface area contributed by atoms with Crippen LogP contribution in [0.4, 0.5) is 5.69 Å². The first-order chi connectivity index (χ1) is 12.9. The van der Waals surface area contributed by atoms with Gasteiger partial charge in [-0.25, -0.2) is 4.79 Å². The van der Waals surface area contributed by atoms with E-state index in [0.29, 0.717) is 22.0 Å². The van der Waals surface area contributed by atoms with Crippen LogP contribution in [0.1, 0.15) is 29.3 Å². The number of nitrogens with one attached hydrogen (secondary N) is 1. The number of carbonyl (C=O) groups is 2. The SMILES string of the molecule is CCCOC(=O)/C(=C\c1cccc([N+](=O)[O-])c1)NC(=O)c1cccc(Br)c1. The van der Waals surface area contributed by atoms with Crippen LogP contribution in [0.3, 0.4) is 0 Å². The summed E-state index contributed by atoms with van der Waals surface area (Å²) in [5, 5.41) is 13.5. The van der Waals surface area contributed by atoms with Gasteiger partial charge < -0.3 is 10.1 Å². The summed E-state index contributed by atoms with van der Waals surface area (Å²) in [6, 6.07) is 12.4. The number of non-ortho nitro benzene ring substituents is 1. The summed E-state index contributed by atoms with van der Waals surface area (Å²) >= 11 is 3.29. The van der Waals surface area contributed by atoms with E-state index in [9.17, 15) is 19.7 Å². The predicted octanol–water partition coefficient (Wildman–Crippen LogP) is 4.08. The fourth-order valence-corrected chi connectivity index (χ4v) is 2.54. The fourth-order valence-electron chi connectivity index (χ4n) is 2.14. The maximum absolute atomic E-state index is 12.5. The number of carbonyl (C=O) groups excluding carboxylic acids is 2. The van der Waals surface area contributed by atoms with Crippen molar-refractivity contribution in [2.75, 3.05) is 6.61 Å². The summed E-state index contributed by atoms with van der Waals surface area (Å²) < 4.78 is 5.81. The fraction of sp³-hybridized carbons (Fsp3) is 0.158. The lowest BCUT2D eigenvalue weighted by molar-refractivity contribution is -0.384. The maximum Gasteiger partial charge on any atom is 0.354 e. The molecule has 1 amide bonds. The average molecular weight is 433 g/mol. The second-order valence-electron chi connectivity index (χ2n) is 5.51. The second-order valence-corrected chi connectivity index (χ2v) is 6.43. The van der Waals surface area contributed by atoms with Crippen molar-refractivity contribution in [3.63, 3.8) is 0 Å². The third kappa shape index (κ3) is 6.03. The minimum absolute atomic E-state index is 0.103. The van der Waals surface area contributed by atoms with Crippen molar-refractivity contribution in [3.05, 3.63) is 79.9 Å². The Morgan fingerprint density at radius 2 is 1.96 bits per heavy atom. The van der Waals surface area contributed by atoms with Gasteiger partial charge in [-0.2, -0.15) is 0 Å². The zero-order valence-corrected chi connectivity index (χ0v) is 16.1. The summed E-state index contributed by atoms with van der Waals surface area (Å²) in [7, 11) is 0. The molecule has 0 radical (unpaired) electrons. The lowest BCUT2D eigenvalue weighted by Gasteiger charge is -2.10. The van der Waals surface area contributed by atoms with Crippen molar-refractivity contribution in [2.24, 2.45) is 0 Å². The van der Waals surface area contributed by atoms with Crippen molar-refractivity contribution in [2.45, 2.75) is 13.3 Å². The molecule has 2 rings (SSSR count). The molecule has 0 aliphatic carbocycles. The van der Waals surface area contributed by atoms with Crippen LogP contribution in [0.25, 0.3) is 6.08 Å². The molecule has 0 fully saturated rings. The average Bonchev–Trinajstić information content (AvgIpc) is 2.65. The zero-order chi connectivity index (χ0) is 19.8. The molecule has 0 unspecified atom stereocenters. The third-order valence-corrected chi connectivity index (χ3v) is 3.88. The summed E-state index contributed by atoms with van der Waals surface area (Å²) in [5.74, 6) is -1.21. The Balaban J connectivity index is 2.33. The number of nitro groups is 1.